The van der Waals surface area contributed by atoms with Gasteiger partial charge in [0.05, 0.1) is 11.6 Å². The first-order chi connectivity index (χ1) is 9.40. The Morgan fingerprint density at radius 1 is 1.45 bits per heavy atom. The predicted octanol–water partition coefficient (Wildman–Crippen LogP) is 1.94. The lowest BCUT2D eigenvalue weighted by molar-refractivity contribution is -0.122. The molecule has 0 radical (unpaired) electrons. The number of hydrogen-bond acceptors (Lipinski definition) is 3. The summed E-state index contributed by atoms with van der Waals surface area (Å²) in [5.74, 6) is -0.815. The highest BCUT2D eigenvalue weighted by Crippen LogP contribution is 2.30. The zero-order valence-electron chi connectivity index (χ0n) is 12.0. The van der Waals surface area contributed by atoms with E-state index in [1.54, 1.807) is 6.07 Å². The number of rotatable bonds is 3. The Morgan fingerprint density at radius 2 is 2.15 bits per heavy atom. The summed E-state index contributed by atoms with van der Waals surface area (Å²) < 4.78 is 14.3. The number of amides is 1. The first kappa shape index (κ1) is 14.8. The summed E-state index contributed by atoms with van der Waals surface area (Å²) in [6.45, 7) is 4.34. The minimum absolute atomic E-state index is 0.196. The molecule has 1 heterocycles. The normalized spacial score (nSPS) is 24.5. The number of hydrogen-bond donors (Lipinski definition) is 2. The average molecular weight is 279 g/mol. The molecule has 1 amide bonds. The van der Waals surface area contributed by atoms with Gasteiger partial charge in [-0.05, 0) is 44.4 Å². The van der Waals surface area contributed by atoms with E-state index in [9.17, 15) is 9.18 Å². The van der Waals surface area contributed by atoms with Crippen LogP contribution in [0.2, 0.25) is 0 Å². The zero-order chi connectivity index (χ0) is 14.9. The Bertz CT molecular complexity index is 504. The van der Waals surface area contributed by atoms with Crippen LogP contribution >= 0.6 is 0 Å². The van der Waals surface area contributed by atoms with Gasteiger partial charge in [-0.3, -0.25) is 4.79 Å². The summed E-state index contributed by atoms with van der Waals surface area (Å²) in [6.07, 6.45) is 1.61. The number of anilines is 1. The van der Waals surface area contributed by atoms with Gasteiger partial charge in [0, 0.05) is 18.6 Å². The Kier molecular flexibility index (Phi) is 4.28. The van der Waals surface area contributed by atoms with E-state index in [-0.39, 0.29) is 29.7 Å². The van der Waals surface area contributed by atoms with Gasteiger partial charge >= 0.3 is 0 Å². The standard InChI is InChI=1S/C15H22FN3O/c1-9-3-4-12(15(18)20)8-19(9)14-6-5-11(10(2)17)7-13(14)16/h5-7,9-10,12H,3-4,8,17H2,1-2H3,(H2,18,20)/t9?,10-,12?/m0/s1. The molecule has 0 saturated carbocycles. The molecule has 1 aliphatic heterocycles. The minimum atomic E-state index is -0.311. The molecule has 0 aromatic heterocycles. The van der Waals surface area contributed by atoms with E-state index >= 15 is 0 Å². The second kappa shape index (κ2) is 5.79. The molecule has 2 unspecified atom stereocenters. The Balaban J connectivity index is 2.27. The molecule has 4 nitrogen and oxygen atoms in total. The molecule has 0 spiro atoms. The number of nitrogens with zero attached hydrogens (tertiary/aromatic N) is 1. The van der Waals surface area contributed by atoms with Crippen molar-refractivity contribution in [2.75, 3.05) is 11.4 Å². The van der Waals surface area contributed by atoms with E-state index in [2.05, 4.69) is 0 Å². The lowest BCUT2D eigenvalue weighted by atomic mass is 9.92. The SMILES string of the molecule is CC1CCC(C(N)=O)CN1c1ccc([C@H](C)N)cc1F. The van der Waals surface area contributed by atoms with E-state index < -0.39 is 0 Å². The third-order valence-corrected chi connectivity index (χ3v) is 4.09. The van der Waals surface area contributed by atoms with Crippen molar-refractivity contribution in [3.8, 4) is 0 Å². The number of primary amides is 1. The van der Waals surface area contributed by atoms with Gasteiger partial charge in [-0.1, -0.05) is 6.07 Å². The molecule has 1 aliphatic rings. The monoisotopic (exact) mass is 279 g/mol. The molecule has 1 fully saturated rings. The van der Waals surface area contributed by atoms with Crippen molar-refractivity contribution in [1.82, 2.24) is 0 Å². The molecule has 5 heteroatoms. The van der Waals surface area contributed by atoms with Crippen LogP contribution in [0.5, 0.6) is 0 Å². The highest BCUT2D eigenvalue weighted by molar-refractivity contribution is 5.77. The van der Waals surface area contributed by atoms with Crippen LogP contribution < -0.4 is 16.4 Å². The van der Waals surface area contributed by atoms with Gasteiger partial charge < -0.3 is 16.4 Å². The van der Waals surface area contributed by atoms with E-state index in [4.69, 9.17) is 11.5 Å². The smallest absolute Gasteiger partial charge is 0.222 e. The Morgan fingerprint density at radius 3 is 2.70 bits per heavy atom. The van der Waals surface area contributed by atoms with Crippen molar-refractivity contribution < 1.29 is 9.18 Å². The van der Waals surface area contributed by atoms with Crippen LogP contribution in [0.25, 0.3) is 0 Å². The van der Waals surface area contributed by atoms with Gasteiger partial charge in [0.15, 0.2) is 0 Å². The molecule has 1 saturated heterocycles. The number of nitrogens with two attached hydrogens (primary N) is 2. The van der Waals surface area contributed by atoms with Gasteiger partial charge in [-0.25, -0.2) is 4.39 Å². The van der Waals surface area contributed by atoms with Crippen molar-refractivity contribution >= 4 is 11.6 Å². The molecule has 2 rings (SSSR count). The van der Waals surface area contributed by atoms with Crippen LogP contribution in [0.1, 0.15) is 38.3 Å². The molecular formula is C15H22FN3O. The number of halogens is 1. The van der Waals surface area contributed by atoms with Gasteiger partial charge in [0.1, 0.15) is 5.82 Å². The third-order valence-electron chi connectivity index (χ3n) is 4.09. The van der Waals surface area contributed by atoms with Crippen LogP contribution in [-0.4, -0.2) is 18.5 Å². The van der Waals surface area contributed by atoms with E-state index in [0.29, 0.717) is 12.2 Å². The number of carbonyl (C=O) groups is 1. The molecule has 3 atom stereocenters. The fraction of sp³-hybridized carbons (Fsp3) is 0.533. The second-order valence-corrected chi connectivity index (χ2v) is 5.68. The molecule has 1 aromatic carbocycles. The fourth-order valence-electron chi connectivity index (χ4n) is 2.71. The Labute approximate surface area is 118 Å². The van der Waals surface area contributed by atoms with Crippen LogP contribution in [0.15, 0.2) is 18.2 Å². The van der Waals surface area contributed by atoms with Crippen LogP contribution in [0.3, 0.4) is 0 Å². The van der Waals surface area contributed by atoms with Gasteiger partial charge in [-0.15, -0.1) is 0 Å². The van der Waals surface area contributed by atoms with Gasteiger partial charge in [0.2, 0.25) is 5.91 Å². The predicted molar refractivity (Wildman–Crippen MR) is 77.7 cm³/mol. The zero-order valence-corrected chi connectivity index (χ0v) is 12.0. The lowest BCUT2D eigenvalue weighted by Gasteiger charge is -2.38. The van der Waals surface area contributed by atoms with E-state index in [0.717, 1.165) is 18.4 Å². The quantitative estimate of drug-likeness (QED) is 0.888. The van der Waals surface area contributed by atoms with Crippen molar-refractivity contribution in [3.63, 3.8) is 0 Å². The van der Waals surface area contributed by atoms with Crippen LogP contribution in [0, 0.1) is 11.7 Å². The topological polar surface area (TPSA) is 72.4 Å². The highest BCUT2D eigenvalue weighted by atomic mass is 19.1. The lowest BCUT2D eigenvalue weighted by Crippen LogP contribution is -2.46. The van der Waals surface area contributed by atoms with Crippen LogP contribution in [-0.2, 0) is 4.79 Å². The maximum atomic E-state index is 14.3. The number of benzene rings is 1. The maximum absolute atomic E-state index is 14.3. The summed E-state index contributed by atoms with van der Waals surface area (Å²) >= 11 is 0. The summed E-state index contributed by atoms with van der Waals surface area (Å²) in [5.41, 5.74) is 12.4. The van der Waals surface area contributed by atoms with Crippen molar-refractivity contribution in [3.05, 3.63) is 29.6 Å². The Hall–Kier alpha value is -1.62. The summed E-state index contributed by atoms with van der Waals surface area (Å²) in [7, 11) is 0. The highest BCUT2D eigenvalue weighted by Gasteiger charge is 2.30. The second-order valence-electron chi connectivity index (χ2n) is 5.68. The van der Waals surface area contributed by atoms with Gasteiger partial charge in [-0.2, -0.15) is 0 Å². The number of piperidine rings is 1. The van der Waals surface area contributed by atoms with Crippen molar-refractivity contribution in [2.24, 2.45) is 17.4 Å². The van der Waals surface area contributed by atoms with Crippen molar-refractivity contribution in [2.45, 2.75) is 38.8 Å². The largest absolute Gasteiger partial charge is 0.369 e. The third kappa shape index (κ3) is 2.93. The number of carbonyl (C=O) groups excluding carboxylic acids is 1. The van der Waals surface area contributed by atoms with Gasteiger partial charge in [0.25, 0.3) is 0 Å². The van der Waals surface area contributed by atoms with Crippen molar-refractivity contribution in [1.29, 1.82) is 0 Å². The average Bonchev–Trinajstić information content (AvgIpc) is 2.39. The molecule has 110 valence electrons. The molecular weight excluding hydrogens is 257 g/mol. The van der Waals surface area contributed by atoms with E-state index in [1.807, 2.05) is 24.8 Å². The summed E-state index contributed by atoms with van der Waals surface area (Å²) in [4.78, 5) is 13.3. The minimum Gasteiger partial charge on any atom is -0.369 e. The maximum Gasteiger partial charge on any atom is 0.222 e. The molecule has 0 bridgehead atoms. The summed E-state index contributed by atoms with van der Waals surface area (Å²) in [6, 6.07) is 5.05. The first-order valence-corrected chi connectivity index (χ1v) is 7.01. The molecule has 20 heavy (non-hydrogen) atoms. The molecule has 4 N–H and O–H groups in total. The molecule has 0 aliphatic carbocycles. The van der Waals surface area contributed by atoms with Crippen LogP contribution in [0.4, 0.5) is 10.1 Å². The summed E-state index contributed by atoms with van der Waals surface area (Å²) in [5, 5.41) is 0. The van der Waals surface area contributed by atoms with E-state index in [1.165, 1.54) is 6.07 Å². The fourth-order valence-corrected chi connectivity index (χ4v) is 2.71. The molecule has 1 aromatic rings. The first-order valence-electron chi connectivity index (χ1n) is 7.01.